The van der Waals surface area contributed by atoms with E-state index in [-0.39, 0.29) is 12.6 Å². The van der Waals surface area contributed by atoms with E-state index in [1.165, 1.54) is 14.2 Å². The Morgan fingerprint density at radius 3 is 2.45 bits per heavy atom. The summed E-state index contributed by atoms with van der Waals surface area (Å²) in [6.45, 7) is 1.99. The van der Waals surface area contributed by atoms with E-state index in [4.69, 9.17) is 18.9 Å². The van der Waals surface area contributed by atoms with Crippen LogP contribution in [0.2, 0.25) is 0 Å². The minimum atomic E-state index is -0.885. The fourth-order valence-corrected chi connectivity index (χ4v) is 3.76. The Morgan fingerprint density at radius 2 is 1.83 bits per heavy atom. The van der Waals surface area contributed by atoms with Crippen LogP contribution < -0.4 is 14.2 Å². The standard InChI is InChI=1S/C22H22O7/c1-12(22(8-9-22)21(24)25)29-18-15(6-7-17(26-2)19(18)27-3)13-4-5-16-14(10-13)11-28-20(16)23/h4-7,10,12H,8-9,11H2,1-3H3,(H,24,25). The van der Waals surface area contributed by atoms with Gasteiger partial charge in [0.15, 0.2) is 11.5 Å². The molecule has 0 spiro atoms. The molecule has 4 rings (SSSR count). The first-order valence-electron chi connectivity index (χ1n) is 9.36. The molecule has 7 heteroatoms. The monoisotopic (exact) mass is 398 g/mol. The third-order valence-corrected chi connectivity index (χ3v) is 5.78. The Balaban J connectivity index is 1.80. The Labute approximate surface area is 168 Å². The minimum Gasteiger partial charge on any atom is -0.493 e. The highest BCUT2D eigenvalue weighted by Gasteiger charge is 2.56. The maximum Gasteiger partial charge on any atom is 0.338 e. The quantitative estimate of drug-likeness (QED) is 0.712. The molecular weight excluding hydrogens is 376 g/mol. The second kappa shape index (κ2) is 6.99. The summed E-state index contributed by atoms with van der Waals surface area (Å²) < 4.78 is 22.3. The van der Waals surface area contributed by atoms with Crippen LogP contribution in [0.3, 0.4) is 0 Å². The van der Waals surface area contributed by atoms with Crippen molar-refractivity contribution >= 4 is 11.9 Å². The normalized spacial score (nSPS) is 17.1. The highest BCUT2D eigenvalue weighted by molar-refractivity contribution is 5.94. The van der Waals surface area contributed by atoms with Crippen LogP contribution >= 0.6 is 0 Å². The molecule has 1 fully saturated rings. The molecule has 2 aromatic rings. The first-order chi connectivity index (χ1) is 13.9. The molecule has 1 N–H and O–H groups in total. The predicted octanol–water partition coefficient (Wildman–Crippen LogP) is 3.67. The van der Waals surface area contributed by atoms with Crippen LogP contribution in [0.5, 0.6) is 17.2 Å². The number of benzene rings is 2. The van der Waals surface area contributed by atoms with Gasteiger partial charge in [-0.15, -0.1) is 0 Å². The van der Waals surface area contributed by atoms with Gasteiger partial charge in [-0.05, 0) is 49.6 Å². The molecule has 1 saturated carbocycles. The fraction of sp³-hybridized carbons (Fsp3) is 0.364. The third kappa shape index (κ3) is 3.06. The average Bonchev–Trinajstić information content (AvgIpc) is 3.46. The van der Waals surface area contributed by atoms with Crippen molar-refractivity contribution in [1.82, 2.24) is 0 Å². The number of carboxylic acids is 1. The molecule has 0 bridgehead atoms. The van der Waals surface area contributed by atoms with E-state index >= 15 is 0 Å². The number of hydrogen-bond acceptors (Lipinski definition) is 6. The number of carbonyl (C=O) groups excluding carboxylic acids is 1. The molecule has 1 aliphatic heterocycles. The summed E-state index contributed by atoms with van der Waals surface area (Å²) in [5.74, 6) is 0.101. The van der Waals surface area contributed by atoms with Gasteiger partial charge in [-0.25, -0.2) is 4.79 Å². The lowest BCUT2D eigenvalue weighted by atomic mass is 9.98. The molecule has 1 heterocycles. The van der Waals surface area contributed by atoms with Gasteiger partial charge in [0.1, 0.15) is 18.1 Å². The van der Waals surface area contributed by atoms with Crippen molar-refractivity contribution in [2.45, 2.75) is 32.5 Å². The van der Waals surface area contributed by atoms with Crippen molar-refractivity contribution in [3.05, 3.63) is 41.5 Å². The highest BCUT2D eigenvalue weighted by Crippen LogP contribution is 2.53. The molecule has 1 aliphatic carbocycles. The summed E-state index contributed by atoms with van der Waals surface area (Å²) in [6.07, 6.45) is 0.589. The average molecular weight is 398 g/mol. The van der Waals surface area contributed by atoms with E-state index in [0.29, 0.717) is 35.7 Å². The van der Waals surface area contributed by atoms with Crippen LogP contribution in [0.1, 0.15) is 35.7 Å². The first kappa shape index (κ1) is 19.1. The van der Waals surface area contributed by atoms with Crippen LogP contribution in [0.25, 0.3) is 11.1 Å². The van der Waals surface area contributed by atoms with Gasteiger partial charge in [0, 0.05) is 11.1 Å². The molecule has 152 valence electrons. The van der Waals surface area contributed by atoms with Crippen LogP contribution in [0.4, 0.5) is 0 Å². The van der Waals surface area contributed by atoms with Gasteiger partial charge >= 0.3 is 11.9 Å². The zero-order valence-electron chi connectivity index (χ0n) is 16.5. The summed E-state index contributed by atoms with van der Waals surface area (Å²) in [6, 6.07) is 9.02. The summed E-state index contributed by atoms with van der Waals surface area (Å²) in [5.41, 5.74) is 1.99. The number of fused-ring (bicyclic) bond motifs is 1. The third-order valence-electron chi connectivity index (χ3n) is 5.78. The summed E-state index contributed by atoms with van der Waals surface area (Å²) in [5, 5.41) is 9.61. The van der Waals surface area contributed by atoms with Crippen LogP contribution in [-0.2, 0) is 16.1 Å². The molecule has 1 atom stereocenters. The molecule has 2 aromatic carbocycles. The summed E-state index contributed by atoms with van der Waals surface area (Å²) in [7, 11) is 3.04. The Kier molecular flexibility index (Phi) is 4.61. The largest absolute Gasteiger partial charge is 0.493 e. The van der Waals surface area contributed by atoms with Gasteiger partial charge in [-0.3, -0.25) is 4.79 Å². The molecule has 1 unspecified atom stereocenters. The van der Waals surface area contributed by atoms with Gasteiger partial charge in [0.05, 0.1) is 19.8 Å². The van der Waals surface area contributed by atoms with E-state index in [0.717, 1.165) is 16.7 Å². The number of ether oxygens (including phenoxy) is 4. The van der Waals surface area contributed by atoms with Crippen LogP contribution in [0.15, 0.2) is 30.3 Å². The van der Waals surface area contributed by atoms with Gasteiger partial charge < -0.3 is 24.1 Å². The number of methoxy groups -OCH3 is 2. The first-order valence-corrected chi connectivity index (χ1v) is 9.36. The lowest BCUT2D eigenvalue weighted by Crippen LogP contribution is -2.32. The highest BCUT2D eigenvalue weighted by atomic mass is 16.5. The zero-order chi connectivity index (χ0) is 20.8. The smallest absolute Gasteiger partial charge is 0.338 e. The Bertz CT molecular complexity index is 991. The molecular formula is C22H22O7. The SMILES string of the molecule is COc1ccc(-c2ccc3c(c2)COC3=O)c(OC(C)C2(C(=O)O)CC2)c1OC. The molecule has 0 amide bonds. The second-order valence-corrected chi connectivity index (χ2v) is 7.35. The Morgan fingerprint density at radius 1 is 1.10 bits per heavy atom. The molecule has 7 nitrogen and oxygen atoms in total. The van der Waals surface area contributed by atoms with Crippen LogP contribution in [-0.4, -0.2) is 37.4 Å². The minimum absolute atomic E-state index is 0.226. The van der Waals surface area contributed by atoms with E-state index in [1.807, 2.05) is 18.2 Å². The number of cyclic esters (lactones) is 1. The fourth-order valence-electron chi connectivity index (χ4n) is 3.76. The second-order valence-electron chi connectivity index (χ2n) is 7.35. The van der Waals surface area contributed by atoms with Crippen molar-refractivity contribution in [2.24, 2.45) is 5.41 Å². The van der Waals surface area contributed by atoms with Gasteiger partial charge in [0.2, 0.25) is 5.75 Å². The summed E-state index contributed by atoms with van der Waals surface area (Å²) >= 11 is 0. The van der Waals surface area contributed by atoms with Gasteiger partial charge in [-0.1, -0.05) is 6.07 Å². The van der Waals surface area contributed by atoms with Crippen molar-refractivity contribution in [2.75, 3.05) is 14.2 Å². The molecule has 0 saturated heterocycles. The number of carboxylic acid groups (broad SMARTS) is 1. The van der Waals surface area contributed by atoms with E-state index < -0.39 is 17.5 Å². The number of esters is 1. The maximum atomic E-state index is 11.8. The molecule has 2 aliphatic rings. The number of hydrogen-bond donors (Lipinski definition) is 1. The molecule has 0 radical (unpaired) electrons. The number of aliphatic carboxylic acids is 1. The van der Waals surface area contributed by atoms with Crippen molar-refractivity contribution < 1.29 is 33.6 Å². The van der Waals surface area contributed by atoms with Crippen molar-refractivity contribution in [3.8, 4) is 28.4 Å². The Hall–Kier alpha value is -3.22. The van der Waals surface area contributed by atoms with Gasteiger partial charge in [0.25, 0.3) is 0 Å². The van der Waals surface area contributed by atoms with E-state index in [1.54, 1.807) is 19.1 Å². The molecule has 0 aromatic heterocycles. The van der Waals surface area contributed by atoms with Crippen molar-refractivity contribution in [1.29, 1.82) is 0 Å². The lowest BCUT2D eigenvalue weighted by molar-refractivity contribution is -0.146. The number of rotatable bonds is 7. The van der Waals surface area contributed by atoms with Crippen LogP contribution in [0, 0.1) is 5.41 Å². The molecule has 29 heavy (non-hydrogen) atoms. The van der Waals surface area contributed by atoms with E-state index in [9.17, 15) is 14.7 Å². The van der Waals surface area contributed by atoms with E-state index in [2.05, 4.69) is 0 Å². The van der Waals surface area contributed by atoms with Crippen molar-refractivity contribution in [3.63, 3.8) is 0 Å². The zero-order valence-corrected chi connectivity index (χ0v) is 16.5. The predicted molar refractivity (Wildman–Crippen MR) is 103 cm³/mol. The summed E-state index contributed by atoms with van der Waals surface area (Å²) in [4.78, 5) is 23.5. The topological polar surface area (TPSA) is 91.3 Å². The number of carbonyl (C=O) groups is 2. The lowest BCUT2D eigenvalue weighted by Gasteiger charge is -2.25. The maximum absolute atomic E-state index is 11.8. The van der Waals surface area contributed by atoms with Gasteiger partial charge in [-0.2, -0.15) is 0 Å².